The number of hydrogen-bond donors (Lipinski definition) is 4. The summed E-state index contributed by atoms with van der Waals surface area (Å²) in [5.74, 6) is 5.17. The summed E-state index contributed by atoms with van der Waals surface area (Å²) in [5, 5.41) is 11.3. The van der Waals surface area contributed by atoms with Gasteiger partial charge in [-0.1, -0.05) is 30.0 Å². The molecule has 7 nitrogen and oxygen atoms in total. The molecule has 0 unspecified atom stereocenters. The molecule has 0 radical (unpaired) electrons. The SMILES string of the molecule is CC(C)(N)[C@H](NC(=O)c1ccc(OCC#Cc2ccccc2)cc1)C(=O)NO. The van der Waals surface area contributed by atoms with Crippen molar-refractivity contribution in [1.29, 1.82) is 0 Å². The van der Waals surface area contributed by atoms with E-state index in [4.69, 9.17) is 15.7 Å². The molecule has 0 saturated carbocycles. The van der Waals surface area contributed by atoms with Crippen molar-refractivity contribution in [1.82, 2.24) is 10.8 Å². The lowest BCUT2D eigenvalue weighted by Gasteiger charge is -2.29. The quantitative estimate of drug-likeness (QED) is 0.344. The lowest BCUT2D eigenvalue weighted by Crippen LogP contribution is -2.61. The van der Waals surface area contributed by atoms with Crippen LogP contribution < -0.4 is 21.3 Å². The first-order valence-corrected chi connectivity index (χ1v) is 8.61. The van der Waals surface area contributed by atoms with E-state index in [0.717, 1.165) is 5.56 Å². The van der Waals surface area contributed by atoms with Gasteiger partial charge in [0.1, 0.15) is 18.4 Å². The third kappa shape index (κ3) is 6.13. The Morgan fingerprint density at radius 3 is 2.36 bits per heavy atom. The minimum absolute atomic E-state index is 0.209. The van der Waals surface area contributed by atoms with Gasteiger partial charge in [-0.25, -0.2) is 5.48 Å². The van der Waals surface area contributed by atoms with Crippen molar-refractivity contribution in [2.24, 2.45) is 5.73 Å². The first kappa shape index (κ1) is 21.0. The Morgan fingerprint density at radius 1 is 1.14 bits per heavy atom. The second kappa shape index (κ2) is 9.55. The van der Waals surface area contributed by atoms with Crippen LogP contribution in [0.25, 0.3) is 0 Å². The highest BCUT2D eigenvalue weighted by Gasteiger charge is 2.33. The summed E-state index contributed by atoms with van der Waals surface area (Å²) in [7, 11) is 0. The van der Waals surface area contributed by atoms with E-state index >= 15 is 0 Å². The predicted molar refractivity (Wildman–Crippen MR) is 105 cm³/mol. The van der Waals surface area contributed by atoms with Gasteiger partial charge in [-0.15, -0.1) is 0 Å². The molecular formula is C21H23N3O4. The number of carbonyl (C=O) groups excluding carboxylic acids is 2. The molecule has 146 valence electrons. The first-order chi connectivity index (χ1) is 13.3. The number of hydrogen-bond acceptors (Lipinski definition) is 5. The van der Waals surface area contributed by atoms with Crippen LogP contribution in [0.1, 0.15) is 29.8 Å². The summed E-state index contributed by atoms with van der Waals surface area (Å²) < 4.78 is 5.53. The zero-order valence-corrected chi connectivity index (χ0v) is 15.7. The van der Waals surface area contributed by atoms with Gasteiger partial charge in [0.2, 0.25) is 0 Å². The van der Waals surface area contributed by atoms with Crippen molar-refractivity contribution in [3.63, 3.8) is 0 Å². The highest BCUT2D eigenvalue weighted by Crippen LogP contribution is 2.13. The molecule has 0 saturated heterocycles. The van der Waals surface area contributed by atoms with Crippen molar-refractivity contribution >= 4 is 11.8 Å². The van der Waals surface area contributed by atoms with Crippen LogP contribution in [-0.4, -0.2) is 35.2 Å². The fourth-order valence-corrected chi connectivity index (χ4v) is 2.35. The highest BCUT2D eigenvalue weighted by atomic mass is 16.5. The summed E-state index contributed by atoms with van der Waals surface area (Å²) in [4.78, 5) is 24.1. The average molecular weight is 381 g/mol. The van der Waals surface area contributed by atoms with E-state index in [0.29, 0.717) is 11.3 Å². The maximum atomic E-state index is 12.4. The molecule has 2 aromatic carbocycles. The molecule has 0 heterocycles. The van der Waals surface area contributed by atoms with Gasteiger partial charge in [0.05, 0.1) is 0 Å². The van der Waals surface area contributed by atoms with E-state index in [9.17, 15) is 9.59 Å². The molecule has 2 aromatic rings. The fourth-order valence-electron chi connectivity index (χ4n) is 2.35. The topological polar surface area (TPSA) is 114 Å². The van der Waals surface area contributed by atoms with Crippen LogP contribution in [0.2, 0.25) is 0 Å². The van der Waals surface area contributed by atoms with Crippen LogP contribution in [0, 0.1) is 11.8 Å². The Hall–Kier alpha value is -3.34. The maximum absolute atomic E-state index is 12.4. The first-order valence-electron chi connectivity index (χ1n) is 8.61. The third-order valence-corrected chi connectivity index (χ3v) is 3.83. The van der Waals surface area contributed by atoms with Gasteiger partial charge >= 0.3 is 0 Å². The Balaban J connectivity index is 1.95. The van der Waals surface area contributed by atoms with Gasteiger partial charge in [-0.05, 0) is 50.2 Å². The monoisotopic (exact) mass is 381 g/mol. The smallest absolute Gasteiger partial charge is 0.267 e. The van der Waals surface area contributed by atoms with E-state index in [1.807, 2.05) is 30.3 Å². The van der Waals surface area contributed by atoms with Gasteiger partial charge in [-0.2, -0.15) is 0 Å². The summed E-state index contributed by atoms with van der Waals surface area (Å²) >= 11 is 0. The van der Waals surface area contributed by atoms with Gasteiger partial charge in [0.15, 0.2) is 0 Å². The number of ether oxygens (including phenoxy) is 1. The van der Waals surface area contributed by atoms with Crippen LogP contribution in [0.3, 0.4) is 0 Å². The van der Waals surface area contributed by atoms with Crippen molar-refractivity contribution < 1.29 is 19.5 Å². The molecular weight excluding hydrogens is 358 g/mol. The molecule has 2 rings (SSSR count). The van der Waals surface area contributed by atoms with Crippen molar-refractivity contribution in [2.45, 2.75) is 25.4 Å². The predicted octanol–water partition coefficient (Wildman–Crippen LogP) is 1.46. The summed E-state index contributed by atoms with van der Waals surface area (Å²) in [5.41, 5.74) is 7.57. The Bertz CT molecular complexity index is 863. The Kier molecular flexibility index (Phi) is 7.15. The molecule has 0 aliphatic carbocycles. The number of benzene rings is 2. The second-order valence-corrected chi connectivity index (χ2v) is 6.68. The van der Waals surface area contributed by atoms with Crippen molar-refractivity contribution in [3.05, 3.63) is 65.7 Å². The molecule has 0 aliphatic heterocycles. The zero-order chi connectivity index (χ0) is 20.6. The molecule has 0 fully saturated rings. The Morgan fingerprint density at radius 2 is 1.79 bits per heavy atom. The minimum Gasteiger partial charge on any atom is -0.481 e. The van der Waals surface area contributed by atoms with Gasteiger partial charge < -0.3 is 15.8 Å². The number of amides is 2. The van der Waals surface area contributed by atoms with E-state index in [-0.39, 0.29) is 6.61 Å². The van der Waals surface area contributed by atoms with Crippen molar-refractivity contribution in [3.8, 4) is 17.6 Å². The molecule has 28 heavy (non-hydrogen) atoms. The largest absolute Gasteiger partial charge is 0.481 e. The average Bonchev–Trinajstić information content (AvgIpc) is 2.69. The zero-order valence-electron chi connectivity index (χ0n) is 15.7. The number of rotatable bonds is 6. The maximum Gasteiger partial charge on any atom is 0.267 e. The molecule has 0 bridgehead atoms. The number of hydroxylamine groups is 1. The normalized spacial score (nSPS) is 11.6. The van der Waals surface area contributed by atoms with Gasteiger partial charge in [0, 0.05) is 16.7 Å². The molecule has 0 aliphatic rings. The van der Waals surface area contributed by atoms with Gasteiger partial charge in [0.25, 0.3) is 11.8 Å². The minimum atomic E-state index is -1.10. The number of carbonyl (C=O) groups is 2. The third-order valence-electron chi connectivity index (χ3n) is 3.83. The standard InChI is InChI=1S/C21H23N3O4/c1-21(2,22)18(20(26)24-27)23-19(25)16-10-12-17(13-11-16)28-14-6-9-15-7-4-3-5-8-15/h3-5,7-8,10-13,18,27H,14,22H2,1-2H3,(H,23,25)(H,24,26)/t18-/m1/s1. The van der Waals surface area contributed by atoms with Crippen LogP contribution in [-0.2, 0) is 4.79 Å². The fraction of sp³-hybridized carbons (Fsp3) is 0.238. The van der Waals surface area contributed by atoms with Gasteiger partial charge in [-0.3, -0.25) is 14.8 Å². The lowest BCUT2D eigenvalue weighted by molar-refractivity contribution is -0.132. The van der Waals surface area contributed by atoms with Crippen molar-refractivity contribution in [2.75, 3.05) is 6.61 Å². The van der Waals surface area contributed by atoms with E-state index in [2.05, 4.69) is 17.2 Å². The van der Waals surface area contributed by atoms with E-state index in [1.165, 1.54) is 5.48 Å². The molecule has 0 aromatic heterocycles. The number of nitrogens with one attached hydrogen (secondary N) is 2. The number of nitrogens with two attached hydrogens (primary N) is 1. The van der Waals surface area contributed by atoms with E-state index in [1.54, 1.807) is 38.1 Å². The molecule has 5 N–H and O–H groups in total. The molecule has 1 atom stereocenters. The highest BCUT2D eigenvalue weighted by molar-refractivity contribution is 5.97. The Labute approximate surface area is 163 Å². The molecule has 0 spiro atoms. The van der Waals surface area contributed by atoms with E-state index < -0.39 is 23.4 Å². The van der Waals surface area contributed by atoms with Crippen LogP contribution in [0.5, 0.6) is 5.75 Å². The van der Waals surface area contributed by atoms with Crippen LogP contribution in [0.15, 0.2) is 54.6 Å². The second-order valence-electron chi connectivity index (χ2n) is 6.68. The summed E-state index contributed by atoms with van der Waals surface area (Å²) in [6.07, 6.45) is 0. The summed E-state index contributed by atoms with van der Waals surface area (Å²) in [6, 6.07) is 14.9. The van der Waals surface area contributed by atoms with Crippen LogP contribution in [0.4, 0.5) is 0 Å². The van der Waals surface area contributed by atoms with Crippen LogP contribution >= 0.6 is 0 Å². The summed E-state index contributed by atoms with van der Waals surface area (Å²) in [6.45, 7) is 3.35. The lowest BCUT2D eigenvalue weighted by atomic mass is 9.95. The molecule has 7 heteroatoms. The molecule has 2 amide bonds.